The Kier molecular flexibility index (Phi) is 4.34. The van der Waals surface area contributed by atoms with Crippen LogP contribution in [0.3, 0.4) is 0 Å². The molecule has 2 N–H and O–H groups in total. The average molecular weight is 415 g/mol. The van der Waals surface area contributed by atoms with E-state index in [1.54, 1.807) is 6.07 Å². The van der Waals surface area contributed by atoms with Crippen molar-refractivity contribution in [2.45, 2.75) is 11.8 Å². The molecule has 29 heavy (non-hydrogen) atoms. The number of pyridine rings is 2. The lowest BCUT2D eigenvalue weighted by atomic mass is 10.1. The van der Waals surface area contributed by atoms with Gasteiger partial charge >= 0.3 is 0 Å². The minimum absolute atomic E-state index is 0.0218. The first-order valence-electron chi connectivity index (χ1n) is 8.53. The maximum Gasteiger partial charge on any atom is 0.256 e. The third-order valence-electron chi connectivity index (χ3n) is 4.59. The van der Waals surface area contributed by atoms with E-state index in [-0.39, 0.29) is 27.4 Å². The van der Waals surface area contributed by atoms with Crippen LogP contribution in [-0.4, -0.2) is 24.6 Å². The van der Waals surface area contributed by atoms with Crippen molar-refractivity contribution in [1.82, 2.24) is 9.97 Å². The van der Waals surface area contributed by atoms with Gasteiger partial charge in [0.15, 0.2) is 9.84 Å². The summed E-state index contributed by atoms with van der Waals surface area (Å²) < 4.78 is 52.2. The van der Waals surface area contributed by atoms with Gasteiger partial charge in [-0.3, -0.25) is 4.79 Å². The summed E-state index contributed by atoms with van der Waals surface area (Å²) in [6, 6.07) is 7.68. The summed E-state index contributed by atoms with van der Waals surface area (Å²) in [5.41, 5.74) is 0.0454. The van der Waals surface area contributed by atoms with E-state index < -0.39 is 27.0 Å². The van der Waals surface area contributed by atoms with Crippen LogP contribution in [0.15, 0.2) is 52.3 Å². The quantitative estimate of drug-likeness (QED) is 0.392. The molecule has 148 valence electrons. The summed E-state index contributed by atoms with van der Waals surface area (Å²) in [5.74, 6) is -1.05. The molecular formula is C20H15F2N3O3S. The first-order valence-corrected chi connectivity index (χ1v) is 10.4. The number of nitrogens with zero attached hydrogens (tertiary/aromatic N) is 1. The Balaban J connectivity index is 1.99. The smallest absolute Gasteiger partial charge is 0.256 e. The Labute approximate surface area is 164 Å². The molecule has 2 aromatic heterocycles. The molecule has 4 rings (SSSR count). The molecule has 0 radical (unpaired) electrons. The van der Waals surface area contributed by atoms with Gasteiger partial charge in [-0.1, -0.05) is 0 Å². The molecule has 0 amide bonds. The number of hydrogen-bond donors (Lipinski definition) is 2. The fourth-order valence-electron chi connectivity index (χ4n) is 3.30. The highest BCUT2D eigenvalue weighted by Gasteiger charge is 2.18. The first kappa shape index (κ1) is 19.0. The maximum atomic E-state index is 14.5. The number of H-pyrrole nitrogens is 1. The van der Waals surface area contributed by atoms with Crippen molar-refractivity contribution in [2.24, 2.45) is 0 Å². The van der Waals surface area contributed by atoms with Gasteiger partial charge in [0.25, 0.3) is 5.56 Å². The SMILES string of the molecule is Cc1cc(F)c(Nc2nc3ccc(F)cc3c3c(=O)[nH]ccc23)cc1S(C)(=O)=O. The highest BCUT2D eigenvalue weighted by molar-refractivity contribution is 7.90. The number of sulfone groups is 1. The minimum atomic E-state index is -3.58. The minimum Gasteiger partial charge on any atom is -0.337 e. The van der Waals surface area contributed by atoms with E-state index in [1.165, 1.54) is 37.4 Å². The monoisotopic (exact) mass is 415 g/mol. The van der Waals surface area contributed by atoms with E-state index in [0.29, 0.717) is 16.3 Å². The second kappa shape index (κ2) is 6.63. The number of aromatic amines is 1. The lowest BCUT2D eigenvalue weighted by Crippen LogP contribution is -2.09. The molecule has 0 spiro atoms. The average Bonchev–Trinajstić information content (AvgIpc) is 2.63. The Morgan fingerprint density at radius 3 is 2.55 bits per heavy atom. The van der Waals surface area contributed by atoms with E-state index >= 15 is 0 Å². The molecule has 0 saturated heterocycles. The van der Waals surface area contributed by atoms with E-state index in [2.05, 4.69) is 15.3 Å². The molecule has 2 aromatic carbocycles. The van der Waals surface area contributed by atoms with Crippen LogP contribution in [-0.2, 0) is 9.84 Å². The molecule has 0 aliphatic heterocycles. The van der Waals surface area contributed by atoms with Crippen LogP contribution >= 0.6 is 0 Å². The third-order valence-corrected chi connectivity index (χ3v) is 5.83. The highest BCUT2D eigenvalue weighted by Crippen LogP contribution is 2.31. The summed E-state index contributed by atoms with van der Waals surface area (Å²) in [6.45, 7) is 1.50. The third kappa shape index (κ3) is 3.33. The van der Waals surface area contributed by atoms with Crippen LogP contribution in [0.5, 0.6) is 0 Å². The zero-order chi connectivity index (χ0) is 20.9. The van der Waals surface area contributed by atoms with Gasteiger partial charge in [0, 0.05) is 23.2 Å². The molecule has 0 aliphatic rings. The standard InChI is InChI=1S/C20H15F2N3O3S/c1-10-7-14(22)16(9-17(10)29(2,27)28)25-19-12-5-6-23-20(26)18(12)13-8-11(21)3-4-15(13)24-19/h3-9H,1-2H3,(H,23,26)(H,24,25). The number of anilines is 2. The molecule has 0 unspecified atom stereocenters. The number of aromatic nitrogens is 2. The molecule has 9 heteroatoms. The molecular weight excluding hydrogens is 400 g/mol. The number of aryl methyl sites for hydroxylation is 1. The second-order valence-electron chi connectivity index (χ2n) is 6.71. The summed E-state index contributed by atoms with van der Waals surface area (Å²) in [4.78, 5) is 19.3. The van der Waals surface area contributed by atoms with E-state index in [0.717, 1.165) is 12.3 Å². The zero-order valence-electron chi connectivity index (χ0n) is 15.4. The Morgan fingerprint density at radius 2 is 1.83 bits per heavy atom. The molecule has 0 fully saturated rings. The van der Waals surface area contributed by atoms with Gasteiger partial charge in [0.2, 0.25) is 0 Å². The maximum absolute atomic E-state index is 14.5. The number of halogens is 2. The van der Waals surface area contributed by atoms with Crippen LogP contribution in [0, 0.1) is 18.6 Å². The van der Waals surface area contributed by atoms with Gasteiger partial charge in [0.1, 0.15) is 17.5 Å². The predicted molar refractivity (Wildman–Crippen MR) is 107 cm³/mol. The summed E-state index contributed by atoms with van der Waals surface area (Å²) in [6.07, 6.45) is 2.44. The summed E-state index contributed by atoms with van der Waals surface area (Å²) in [5, 5.41) is 3.64. The van der Waals surface area contributed by atoms with Crippen molar-refractivity contribution >= 4 is 43.0 Å². The number of hydrogen-bond acceptors (Lipinski definition) is 5. The van der Waals surface area contributed by atoms with Gasteiger partial charge in [-0.25, -0.2) is 22.2 Å². The van der Waals surface area contributed by atoms with Gasteiger partial charge in [0.05, 0.1) is 21.5 Å². The molecule has 0 bridgehead atoms. The topological polar surface area (TPSA) is 91.9 Å². The predicted octanol–water partition coefficient (Wildman–Crippen LogP) is 3.81. The van der Waals surface area contributed by atoms with Crippen molar-refractivity contribution in [1.29, 1.82) is 0 Å². The number of nitrogens with one attached hydrogen (secondary N) is 2. The van der Waals surface area contributed by atoms with Crippen LogP contribution in [0.1, 0.15) is 5.56 Å². The molecule has 0 atom stereocenters. The van der Waals surface area contributed by atoms with Crippen molar-refractivity contribution in [3.05, 3.63) is 70.1 Å². The Bertz CT molecular complexity index is 1460. The van der Waals surface area contributed by atoms with Gasteiger partial charge in [-0.2, -0.15) is 0 Å². The fourth-order valence-corrected chi connectivity index (χ4v) is 4.28. The van der Waals surface area contributed by atoms with E-state index in [9.17, 15) is 22.0 Å². The Morgan fingerprint density at radius 1 is 1.07 bits per heavy atom. The highest BCUT2D eigenvalue weighted by atomic mass is 32.2. The van der Waals surface area contributed by atoms with Crippen LogP contribution in [0.2, 0.25) is 0 Å². The van der Waals surface area contributed by atoms with Crippen LogP contribution in [0.25, 0.3) is 21.7 Å². The number of fused-ring (bicyclic) bond motifs is 3. The lowest BCUT2D eigenvalue weighted by Gasteiger charge is -2.14. The molecule has 2 heterocycles. The summed E-state index contributed by atoms with van der Waals surface area (Å²) >= 11 is 0. The largest absolute Gasteiger partial charge is 0.337 e. The zero-order valence-corrected chi connectivity index (χ0v) is 16.2. The van der Waals surface area contributed by atoms with Crippen molar-refractivity contribution in [3.8, 4) is 0 Å². The summed E-state index contributed by atoms with van der Waals surface area (Å²) in [7, 11) is -3.58. The Hall–Kier alpha value is -3.33. The van der Waals surface area contributed by atoms with Gasteiger partial charge in [-0.15, -0.1) is 0 Å². The molecule has 6 nitrogen and oxygen atoms in total. The van der Waals surface area contributed by atoms with Crippen molar-refractivity contribution in [2.75, 3.05) is 11.6 Å². The normalized spacial score (nSPS) is 11.9. The first-order chi connectivity index (χ1) is 13.6. The molecule has 0 aliphatic carbocycles. The number of rotatable bonds is 3. The van der Waals surface area contributed by atoms with E-state index in [1.807, 2.05) is 0 Å². The van der Waals surface area contributed by atoms with Crippen molar-refractivity contribution < 1.29 is 17.2 Å². The van der Waals surface area contributed by atoms with Gasteiger partial charge < -0.3 is 10.3 Å². The van der Waals surface area contributed by atoms with Crippen LogP contribution < -0.4 is 10.9 Å². The fraction of sp³-hybridized carbons (Fsp3) is 0.100. The van der Waals surface area contributed by atoms with Crippen molar-refractivity contribution in [3.63, 3.8) is 0 Å². The molecule has 4 aromatic rings. The molecule has 0 saturated carbocycles. The number of benzene rings is 2. The lowest BCUT2D eigenvalue weighted by molar-refractivity contribution is 0.599. The van der Waals surface area contributed by atoms with Gasteiger partial charge in [-0.05, 0) is 48.9 Å². The second-order valence-corrected chi connectivity index (χ2v) is 8.70. The van der Waals surface area contributed by atoms with E-state index in [4.69, 9.17) is 0 Å². The van der Waals surface area contributed by atoms with Crippen LogP contribution in [0.4, 0.5) is 20.3 Å².